The Morgan fingerprint density at radius 2 is 1.62 bits per heavy atom. The number of para-hydroxylation sites is 1. The Morgan fingerprint density at radius 3 is 2.33 bits per heavy atom. The molecule has 0 bridgehead atoms. The van der Waals surface area contributed by atoms with E-state index in [1.165, 1.54) is 0 Å². The molecule has 108 valence electrons. The number of amides is 3. The molecule has 0 aromatic heterocycles. The van der Waals surface area contributed by atoms with Crippen molar-refractivity contribution in [2.75, 3.05) is 5.32 Å². The van der Waals surface area contributed by atoms with Crippen molar-refractivity contribution < 1.29 is 9.59 Å². The van der Waals surface area contributed by atoms with Gasteiger partial charge in [-0.2, -0.15) is 0 Å². The molecule has 6 heteroatoms. The molecule has 3 amide bonds. The van der Waals surface area contributed by atoms with Gasteiger partial charge in [0.05, 0.1) is 10.6 Å². The summed E-state index contributed by atoms with van der Waals surface area (Å²) in [6.45, 7) is 1.87. The van der Waals surface area contributed by atoms with Gasteiger partial charge in [-0.15, -0.1) is 0 Å². The van der Waals surface area contributed by atoms with Crippen LogP contribution in [0.3, 0.4) is 0 Å². The van der Waals surface area contributed by atoms with Crippen LogP contribution >= 0.6 is 11.6 Å². The number of halogens is 1. The normalized spacial score (nSPS) is 9.81. The lowest BCUT2D eigenvalue weighted by Gasteiger charge is -2.11. The van der Waals surface area contributed by atoms with Gasteiger partial charge in [-0.3, -0.25) is 10.2 Å². The molecule has 21 heavy (non-hydrogen) atoms. The van der Waals surface area contributed by atoms with Crippen LogP contribution in [0.15, 0.2) is 48.5 Å². The lowest BCUT2D eigenvalue weighted by atomic mass is 10.2. The Labute approximate surface area is 127 Å². The number of hydrogen-bond donors (Lipinski definition) is 3. The molecule has 2 aromatic rings. The van der Waals surface area contributed by atoms with Crippen LogP contribution in [0.1, 0.15) is 15.9 Å². The van der Waals surface area contributed by atoms with Crippen LogP contribution < -0.4 is 16.2 Å². The number of nitrogens with one attached hydrogen (secondary N) is 3. The molecule has 2 rings (SSSR count). The fourth-order valence-corrected chi connectivity index (χ4v) is 1.91. The Balaban J connectivity index is 1.91. The van der Waals surface area contributed by atoms with Crippen LogP contribution in [0, 0.1) is 6.92 Å². The highest BCUT2D eigenvalue weighted by molar-refractivity contribution is 6.33. The molecule has 0 aliphatic heterocycles. The second-order valence-electron chi connectivity index (χ2n) is 4.33. The molecule has 0 heterocycles. The molecular weight excluding hydrogens is 290 g/mol. The molecule has 3 N–H and O–H groups in total. The second-order valence-corrected chi connectivity index (χ2v) is 4.74. The zero-order chi connectivity index (χ0) is 15.2. The number of carbonyl (C=O) groups is 2. The number of benzene rings is 2. The maximum absolute atomic E-state index is 11.9. The van der Waals surface area contributed by atoms with Crippen LogP contribution in [0.5, 0.6) is 0 Å². The second kappa shape index (κ2) is 6.76. The van der Waals surface area contributed by atoms with Crippen molar-refractivity contribution in [1.82, 2.24) is 10.9 Å². The molecular formula is C15H14ClN3O2. The first-order valence-corrected chi connectivity index (χ1v) is 6.63. The lowest BCUT2D eigenvalue weighted by Crippen LogP contribution is -2.44. The average molecular weight is 304 g/mol. The van der Waals surface area contributed by atoms with Crippen LogP contribution in [-0.2, 0) is 0 Å². The molecule has 0 saturated heterocycles. The minimum atomic E-state index is -0.537. The molecule has 2 aromatic carbocycles. The fourth-order valence-electron chi connectivity index (χ4n) is 1.69. The van der Waals surface area contributed by atoms with Gasteiger partial charge < -0.3 is 5.32 Å². The Morgan fingerprint density at radius 1 is 0.952 bits per heavy atom. The van der Waals surface area contributed by atoms with Gasteiger partial charge in [0.25, 0.3) is 5.91 Å². The van der Waals surface area contributed by atoms with E-state index >= 15 is 0 Å². The quantitative estimate of drug-likeness (QED) is 0.746. The number of hydrazine groups is 1. The summed E-state index contributed by atoms with van der Waals surface area (Å²) in [5.41, 5.74) is 6.45. The van der Waals surface area contributed by atoms with Crippen LogP contribution in [0.2, 0.25) is 5.02 Å². The van der Waals surface area contributed by atoms with Crippen molar-refractivity contribution >= 4 is 29.2 Å². The predicted molar refractivity (Wildman–Crippen MR) is 82.3 cm³/mol. The highest BCUT2D eigenvalue weighted by atomic mass is 35.5. The van der Waals surface area contributed by atoms with Gasteiger partial charge in [-0.25, -0.2) is 10.2 Å². The third-order valence-corrected chi connectivity index (χ3v) is 3.13. The fraction of sp³-hybridized carbons (Fsp3) is 0.0667. The van der Waals surface area contributed by atoms with Gasteiger partial charge in [0.2, 0.25) is 0 Å². The molecule has 0 aliphatic carbocycles. The van der Waals surface area contributed by atoms with E-state index in [1.807, 2.05) is 25.1 Å². The minimum Gasteiger partial charge on any atom is -0.306 e. The smallest absolute Gasteiger partial charge is 0.306 e. The maximum atomic E-state index is 11.9. The van der Waals surface area contributed by atoms with E-state index in [0.717, 1.165) is 5.56 Å². The van der Waals surface area contributed by atoms with Gasteiger partial charge >= 0.3 is 6.03 Å². The number of rotatable bonds is 2. The van der Waals surface area contributed by atoms with Crippen LogP contribution in [0.4, 0.5) is 10.5 Å². The van der Waals surface area contributed by atoms with E-state index in [1.54, 1.807) is 30.3 Å². The summed E-state index contributed by atoms with van der Waals surface area (Å²) in [7, 11) is 0. The third kappa shape index (κ3) is 3.97. The van der Waals surface area contributed by atoms with E-state index in [9.17, 15) is 9.59 Å². The van der Waals surface area contributed by atoms with Crippen LogP contribution in [0.25, 0.3) is 0 Å². The van der Waals surface area contributed by atoms with Crippen LogP contribution in [-0.4, -0.2) is 11.9 Å². The molecule has 0 aliphatic rings. The molecule has 0 spiro atoms. The van der Waals surface area contributed by atoms with E-state index in [-0.39, 0.29) is 5.56 Å². The first-order chi connectivity index (χ1) is 10.1. The number of carbonyl (C=O) groups excluding carboxylic acids is 2. The number of aryl methyl sites for hydroxylation is 1. The first kappa shape index (κ1) is 14.9. The first-order valence-electron chi connectivity index (χ1n) is 6.25. The summed E-state index contributed by atoms with van der Waals surface area (Å²) in [5, 5.41) is 2.95. The molecule has 0 fully saturated rings. The Hall–Kier alpha value is -2.53. The van der Waals surface area contributed by atoms with Gasteiger partial charge in [0.1, 0.15) is 0 Å². The van der Waals surface area contributed by atoms with Crippen molar-refractivity contribution in [2.24, 2.45) is 0 Å². The van der Waals surface area contributed by atoms with E-state index in [2.05, 4.69) is 16.2 Å². The lowest BCUT2D eigenvalue weighted by molar-refractivity contribution is 0.0938. The Bertz CT molecular complexity index is 673. The van der Waals surface area contributed by atoms with Crippen molar-refractivity contribution in [3.8, 4) is 0 Å². The topological polar surface area (TPSA) is 70.2 Å². The minimum absolute atomic E-state index is 0.287. The Kier molecular flexibility index (Phi) is 4.79. The summed E-state index contributed by atoms with van der Waals surface area (Å²) < 4.78 is 0. The van der Waals surface area contributed by atoms with Crippen molar-refractivity contribution in [2.45, 2.75) is 6.92 Å². The molecule has 0 unspecified atom stereocenters. The molecule has 5 nitrogen and oxygen atoms in total. The van der Waals surface area contributed by atoms with Gasteiger partial charge in [0.15, 0.2) is 0 Å². The number of hydrogen-bond acceptors (Lipinski definition) is 2. The summed E-state index contributed by atoms with van der Waals surface area (Å²) in [5.74, 6) is -0.486. The molecule has 0 radical (unpaired) electrons. The molecule has 0 atom stereocenters. The summed E-state index contributed by atoms with van der Waals surface area (Å²) in [4.78, 5) is 23.6. The number of urea groups is 1. The summed E-state index contributed by atoms with van der Waals surface area (Å²) in [6.07, 6.45) is 0. The molecule has 0 saturated carbocycles. The van der Waals surface area contributed by atoms with E-state index in [4.69, 9.17) is 11.6 Å². The zero-order valence-electron chi connectivity index (χ0n) is 11.3. The predicted octanol–water partition coefficient (Wildman–Crippen LogP) is 3.11. The van der Waals surface area contributed by atoms with E-state index in [0.29, 0.717) is 10.7 Å². The van der Waals surface area contributed by atoms with Gasteiger partial charge in [-0.1, -0.05) is 41.9 Å². The highest BCUT2D eigenvalue weighted by Gasteiger charge is 2.10. The van der Waals surface area contributed by atoms with Gasteiger partial charge in [0, 0.05) is 5.69 Å². The third-order valence-electron chi connectivity index (χ3n) is 2.80. The summed E-state index contributed by atoms with van der Waals surface area (Å²) >= 11 is 5.90. The average Bonchev–Trinajstić information content (AvgIpc) is 2.48. The van der Waals surface area contributed by atoms with Crippen molar-refractivity contribution in [3.63, 3.8) is 0 Å². The largest absolute Gasteiger partial charge is 0.337 e. The standard InChI is InChI=1S/C15H14ClN3O2/c1-10-6-2-5-9-13(10)17-15(21)19-18-14(20)11-7-3-4-8-12(11)16/h2-9H,1H3,(H,18,20)(H2,17,19,21). The van der Waals surface area contributed by atoms with Gasteiger partial charge in [-0.05, 0) is 30.7 Å². The number of anilines is 1. The van der Waals surface area contributed by atoms with Crippen molar-refractivity contribution in [3.05, 3.63) is 64.7 Å². The monoisotopic (exact) mass is 303 g/mol. The SMILES string of the molecule is Cc1ccccc1NC(=O)NNC(=O)c1ccccc1Cl. The van der Waals surface area contributed by atoms with Crippen molar-refractivity contribution in [1.29, 1.82) is 0 Å². The highest BCUT2D eigenvalue weighted by Crippen LogP contribution is 2.14. The van der Waals surface area contributed by atoms with E-state index < -0.39 is 11.9 Å². The maximum Gasteiger partial charge on any atom is 0.337 e. The zero-order valence-corrected chi connectivity index (χ0v) is 12.1. The summed E-state index contributed by atoms with van der Waals surface area (Å²) in [6, 6.07) is 13.4.